The third kappa shape index (κ3) is 5.61. The molecule has 2 atom stereocenters. The van der Waals surface area contributed by atoms with Crippen molar-refractivity contribution in [2.75, 3.05) is 47.6 Å². The van der Waals surface area contributed by atoms with Crippen molar-refractivity contribution < 1.29 is 13.4 Å². The zero-order chi connectivity index (χ0) is 29.8. The normalized spacial score (nSPS) is 23.0. The Morgan fingerprint density at radius 1 is 1.24 bits per heavy atom. The van der Waals surface area contributed by atoms with E-state index in [-0.39, 0.29) is 10.4 Å². The number of anilines is 3. The predicted molar refractivity (Wildman–Crippen MR) is 171 cm³/mol. The molecule has 9 nitrogen and oxygen atoms in total. The van der Waals surface area contributed by atoms with Crippen LogP contribution in [0.4, 0.5) is 21.5 Å². The van der Waals surface area contributed by atoms with Crippen molar-refractivity contribution in [2.45, 2.75) is 69.9 Å². The number of nitrogens with two attached hydrogens (primary N) is 1. The first-order valence-electron chi connectivity index (χ1n) is 14.8. The van der Waals surface area contributed by atoms with Gasteiger partial charge in [0.25, 0.3) is 5.91 Å². The van der Waals surface area contributed by atoms with Crippen LogP contribution in [0, 0.1) is 12.7 Å². The first-order chi connectivity index (χ1) is 20.0. The predicted octanol–water partition coefficient (Wildman–Crippen LogP) is 4.91. The molecule has 4 N–H and O–H groups in total. The minimum atomic E-state index is -0.876. The zero-order valence-corrected chi connectivity index (χ0v) is 25.9. The lowest BCUT2D eigenvalue weighted by molar-refractivity contribution is 0.102. The van der Waals surface area contributed by atoms with E-state index >= 15 is 0 Å². The van der Waals surface area contributed by atoms with Crippen molar-refractivity contribution in [3.8, 4) is 0 Å². The van der Waals surface area contributed by atoms with Gasteiger partial charge in [-0.05, 0) is 38.3 Å². The number of nitrogens with zero attached hydrogens (tertiary/aromatic N) is 4. The third-order valence-electron chi connectivity index (χ3n) is 8.67. The highest BCUT2D eigenvalue weighted by molar-refractivity contribution is 8.36. The highest BCUT2D eigenvalue weighted by Crippen LogP contribution is 2.72. The van der Waals surface area contributed by atoms with Crippen LogP contribution in [0.5, 0.6) is 0 Å². The molecule has 2 aromatic heterocycles. The largest absolute Gasteiger partial charge is 0.397 e. The SMILES string of the molecule is CN=Cc1c(N2CCC(N[C@@H]3C[C@H]3OS3(C(C)(C)C)CC3)CC2)ccc(C(=O)Nc2cc(F)c3nc(C)cn3c2)c1N. The van der Waals surface area contributed by atoms with Gasteiger partial charge in [-0.15, -0.1) is 10.3 Å². The second-order valence-corrected chi connectivity index (χ2v) is 16.6. The van der Waals surface area contributed by atoms with E-state index in [1.165, 1.54) is 17.6 Å². The number of nitrogen functional groups attached to an aromatic ring is 1. The van der Waals surface area contributed by atoms with Crippen LogP contribution < -0.4 is 21.3 Å². The molecule has 11 heteroatoms. The van der Waals surface area contributed by atoms with Crippen molar-refractivity contribution >= 4 is 45.1 Å². The molecule has 1 aliphatic carbocycles. The van der Waals surface area contributed by atoms with Gasteiger partial charge in [-0.1, -0.05) is 20.8 Å². The van der Waals surface area contributed by atoms with Crippen molar-refractivity contribution in [1.29, 1.82) is 0 Å². The summed E-state index contributed by atoms with van der Waals surface area (Å²) in [5.41, 5.74) is 10.1. The average Bonchev–Trinajstić information content (AvgIpc) is 3.84. The first kappa shape index (κ1) is 28.9. The smallest absolute Gasteiger partial charge is 0.257 e. The Kier molecular flexibility index (Phi) is 7.47. The summed E-state index contributed by atoms with van der Waals surface area (Å²) in [4.78, 5) is 24.0. The Morgan fingerprint density at radius 3 is 2.64 bits per heavy atom. The number of carbonyl (C=O) groups excluding carboxylic acids is 1. The third-order valence-corrected chi connectivity index (χ3v) is 12.7. The van der Waals surface area contributed by atoms with E-state index in [4.69, 9.17) is 9.92 Å². The molecule has 0 unspecified atom stereocenters. The number of fused-ring (bicyclic) bond motifs is 1. The van der Waals surface area contributed by atoms with E-state index < -0.39 is 22.0 Å². The van der Waals surface area contributed by atoms with Gasteiger partial charge >= 0.3 is 0 Å². The zero-order valence-electron chi connectivity index (χ0n) is 25.1. The summed E-state index contributed by atoms with van der Waals surface area (Å²) in [6.07, 6.45) is 8.58. The maximum absolute atomic E-state index is 14.6. The Hall–Kier alpha value is -3.15. The lowest BCUT2D eigenvalue weighted by atomic mass is 10.00. The van der Waals surface area contributed by atoms with Crippen LogP contribution in [0.1, 0.15) is 61.6 Å². The lowest BCUT2D eigenvalue weighted by Crippen LogP contribution is -2.44. The molecule has 0 radical (unpaired) electrons. The van der Waals surface area contributed by atoms with E-state index in [0.717, 1.165) is 43.6 Å². The molecule has 3 aliphatic rings. The van der Waals surface area contributed by atoms with Gasteiger partial charge in [-0.2, -0.15) is 0 Å². The van der Waals surface area contributed by atoms with Crippen LogP contribution in [0.3, 0.4) is 0 Å². The molecule has 1 aromatic carbocycles. The number of benzene rings is 1. The molecule has 3 fully saturated rings. The fraction of sp³-hybridized carbons (Fsp3) is 0.516. The number of amides is 1. The molecular weight excluding hydrogens is 553 g/mol. The minimum Gasteiger partial charge on any atom is -0.397 e. The summed E-state index contributed by atoms with van der Waals surface area (Å²) >= 11 is 0. The van der Waals surface area contributed by atoms with Crippen molar-refractivity contribution in [3.63, 3.8) is 0 Å². The summed E-state index contributed by atoms with van der Waals surface area (Å²) in [6, 6.07) is 5.88. The molecule has 6 rings (SSSR count). The highest BCUT2D eigenvalue weighted by atomic mass is 32.3. The number of imidazole rings is 1. The molecule has 0 bridgehead atoms. The molecule has 42 heavy (non-hydrogen) atoms. The number of nitrogens with one attached hydrogen (secondary N) is 2. The molecule has 1 amide bonds. The molecule has 4 heterocycles. The molecular formula is C31H42FN7O2S. The maximum atomic E-state index is 14.6. The van der Waals surface area contributed by atoms with Gasteiger partial charge in [0, 0.05) is 84.4 Å². The summed E-state index contributed by atoms with van der Waals surface area (Å²) in [6.45, 7) is 10.5. The number of carbonyl (C=O) groups is 1. The van der Waals surface area contributed by atoms with Gasteiger partial charge in [0.05, 0.1) is 28.7 Å². The monoisotopic (exact) mass is 595 g/mol. The molecule has 1 saturated carbocycles. The Balaban J connectivity index is 1.09. The molecule has 0 spiro atoms. The number of aromatic nitrogens is 2. The summed E-state index contributed by atoms with van der Waals surface area (Å²) in [5.74, 6) is 1.59. The lowest BCUT2D eigenvalue weighted by Gasteiger charge is -2.36. The van der Waals surface area contributed by atoms with Crippen LogP contribution in [0.2, 0.25) is 0 Å². The van der Waals surface area contributed by atoms with E-state index in [1.54, 1.807) is 43.0 Å². The van der Waals surface area contributed by atoms with Gasteiger partial charge in [0.2, 0.25) is 0 Å². The molecule has 2 saturated heterocycles. The quantitative estimate of drug-likeness (QED) is 0.194. The Morgan fingerprint density at radius 2 is 1.98 bits per heavy atom. The van der Waals surface area contributed by atoms with E-state index in [9.17, 15) is 9.18 Å². The standard InChI is InChI=1S/C31H42FN7O2S/c1-19-17-39-18-21(14-24(32)29(39)35-19)37-30(40)22-6-7-26(23(16-34-5)28(22)33)38-10-8-20(9-11-38)36-25-15-27(25)41-42(12-13-42)31(2,3)4/h6-7,14,16-18,20,25,27,36H,8-13,15,33H2,1-5H3,(H,37,40)/t25-,27-/m1/s1. The first-order valence-corrected chi connectivity index (χ1v) is 16.7. The Bertz CT molecular complexity index is 1540. The minimum absolute atomic E-state index is 0.216. The number of aryl methyl sites for hydroxylation is 1. The van der Waals surface area contributed by atoms with Crippen molar-refractivity contribution in [1.82, 2.24) is 14.7 Å². The summed E-state index contributed by atoms with van der Waals surface area (Å²) in [5, 5.41) is 6.64. The highest BCUT2D eigenvalue weighted by Gasteiger charge is 2.54. The van der Waals surface area contributed by atoms with Crippen LogP contribution in [0.25, 0.3) is 5.65 Å². The summed E-state index contributed by atoms with van der Waals surface area (Å²) < 4.78 is 23.0. The number of piperidine rings is 1. The average molecular weight is 596 g/mol. The van der Waals surface area contributed by atoms with Crippen LogP contribution in [0.15, 0.2) is 35.6 Å². The van der Waals surface area contributed by atoms with Crippen LogP contribution >= 0.6 is 10.3 Å². The number of pyridine rings is 1. The fourth-order valence-corrected chi connectivity index (χ4v) is 9.02. The van der Waals surface area contributed by atoms with Gasteiger partial charge in [-0.25, -0.2) is 9.37 Å². The number of halogens is 1. The topological polar surface area (TPSA) is 109 Å². The Labute approximate surface area is 248 Å². The number of hydrogen-bond donors (Lipinski definition) is 3. The van der Waals surface area contributed by atoms with Crippen LogP contribution in [-0.2, 0) is 4.18 Å². The van der Waals surface area contributed by atoms with Crippen LogP contribution in [-0.4, -0.2) is 76.1 Å². The molecule has 3 aromatic rings. The van der Waals surface area contributed by atoms with Gasteiger partial charge in [0.15, 0.2) is 11.5 Å². The second-order valence-electron chi connectivity index (χ2n) is 12.7. The van der Waals surface area contributed by atoms with E-state index in [2.05, 4.69) is 46.3 Å². The van der Waals surface area contributed by atoms with E-state index in [1.807, 2.05) is 6.07 Å². The van der Waals surface area contributed by atoms with Gasteiger partial charge in [0.1, 0.15) is 0 Å². The van der Waals surface area contributed by atoms with E-state index in [0.29, 0.717) is 40.8 Å². The summed E-state index contributed by atoms with van der Waals surface area (Å²) in [7, 11) is 0.817. The number of aliphatic imine (C=N–C) groups is 1. The maximum Gasteiger partial charge on any atom is 0.257 e. The van der Waals surface area contributed by atoms with Crippen molar-refractivity contribution in [2.24, 2.45) is 4.99 Å². The van der Waals surface area contributed by atoms with Gasteiger partial charge in [-0.3, -0.25) is 9.79 Å². The fourth-order valence-electron chi connectivity index (χ4n) is 6.02. The number of hydrogen-bond acceptors (Lipinski definition) is 7. The van der Waals surface area contributed by atoms with Crippen molar-refractivity contribution in [3.05, 3.63) is 53.2 Å². The molecule has 2 aliphatic heterocycles. The number of rotatable bonds is 8. The molecule has 226 valence electrons. The second kappa shape index (κ2) is 10.8. The van der Waals surface area contributed by atoms with Gasteiger partial charge < -0.3 is 29.9 Å².